The smallest absolute Gasteiger partial charge is 0.344 e. The molecule has 0 amide bonds. The van der Waals surface area contributed by atoms with Crippen molar-refractivity contribution in [1.82, 2.24) is 0 Å². The summed E-state index contributed by atoms with van der Waals surface area (Å²) in [5, 5.41) is 21.5. The summed E-state index contributed by atoms with van der Waals surface area (Å²) in [5.41, 5.74) is 1.27. The molecule has 0 atom stereocenters. The van der Waals surface area contributed by atoms with Crippen LogP contribution >= 0.6 is 23.4 Å². The van der Waals surface area contributed by atoms with Crippen molar-refractivity contribution in [2.45, 2.75) is 13.8 Å². The van der Waals surface area contributed by atoms with Crippen molar-refractivity contribution in [2.75, 3.05) is 13.2 Å². The van der Waals surface area contributed by atoms with E-state index in [4.69, 9.17) is 21.1 Å². The van der Waals surface area contributed by atoms with Crippen LogP contribution in [0.5, 0.6) is 11.5 Å². The van der Waals surface area contributed by atoms with E-state index in [-0.39, 0.29) is 23.7 Å². The predicted molar refractivity (Wildman–Crippen MR) is 120 cm³/mol. The van der Waals surface area contributed by atoms with Crippen molar-refractivity contribution in [3.8, 4) is 11.5 Å². The van der Waals surface area contributed by atoms with Crippen LogP contribution in [0, 0.1) is 0 Å². The Balaban J connectivity index is 2.02. The first-order valence-corrected chi connectivity index (χ1v) is 10.4. The Labute approximate surface area is 183 Å². The molecular weight excluding hydrogens is 426 g/mol. The van der Waals surface area contributed by atoms with E-state index in [1.165, 1.54) is 6.07 Å². The Hall–Kier alpha value is -2.90. The van der Waals surface area contributed by atoms with Crippen molar-refractivity contribution in [3.63, 3.8) is 0 Å². The second-order valence-corrected chi connectivity index (χ2v) is 7.58. The summed E-state index contributed by atoms with van der Waals surface area (Å²) in [6, 6.07) is 11.6. The SMILES string of the molecule is CCOC(=O)C1=C(O)C(=Cc2ccc(O)c(OCC)c2)SC1=Nc1ccc(Cl)cc1. The number of carbonyl (C=O) groups is 1. The summed E-state index contributed by atoms with van der Waals surface area (Å²) in [6.07, 6.45) is 1.69. The molecule has 0 unspecified atom stereocenters. The maximum Gasteiger partial charge on any atom is 0.344 e. The van der Waals surface area contributed by atoms with Gasteiger partial charge in [-0.05, 0) is 61.9 Å². The monoisotopic (exact) mass is 445 g/mol. The van der Waals surface area contributed by atoms with Crippen LogP contribution in [0.3, 0.4) is 0 Å². The number of hydrogen-bond donors (Lipinski definition) is 2. The minimum atomic E-state index is -0.653. The van der Waals surface area contributed by atoms with Gasteiger partial charge in [0.25, 0.3) is 0 Å². The van der Waals surface area contributed by atoms with E-state index in [2.05, 4.69) is 4.99 Å². The van der Waals surface area contributed by atoms with Crippen LogP contribution in [-0.4, -0.2) is 34.4 Å². The van der Waals surface area contributed by atoms with E-state index in [9.17, 15) is 15.0 Å². The molecule has 1 aliphatic heterocycles. The number of rotatable bonds is 6. The van der Waals surface area contributed by atoms with Crippen molar-refractivity contribution < 1.29 is 24.5 Å². The highest BCUT2D eigenvalue weighted by Crippen LogP contribution is 2.41. The molecule has 0 saturated heterocycles. The summed E-state index contributed by atoms with van der Waals surface area (Å²) < 4.78 is 10.5. The fourth-order valence-corrected chi connectivity index (χ4v) is 3.83. The first-order valence-electron chi connectivity index (χ1n) is 9.23. The lowest BCUT2D eigenvalue weighted by molar-refractivity contribution is -0.138. The molecule has 2 aromatic carbocycles. The maximum absolute atomic E-state index is 12.5. The molecule has 0 aliphatic carbocycles. The second-order valence-electron chi connectivity index (χ2n) is 6.11. The zero-order valence-corrected chi connectivity index (χ0v) is 18.0. The molecule has 0 spiro atoms. The van der Waals surface area contributed by atoms with Gasteiger partial charge in [-0.1, -0.05) is 29.4 Å². The Morgan fingerprint density at radius 2 is 1.87 bits per heavy atom. The van der Waals surface area contributed by atoms with Gasteiger partial charge in [0.1, 0.15) is 16.4 Å². The molecule has 6 nitrogen and oxygen atoms in total. The number of nitrogens with zero attached hydrogens (tertiary/aromatic N) is 1. The lowest BCUT2D eigenvalue weighted by Crippen LogP contribution is -2.12. The molecule has 8 heteroatoms. The number of thioether (sulfide) groups is 1. The number of aliphatic imine (C=N–C) groups is 1. The van der Waals surface area contributed by atoms with Crippen molar-refractivity contribution in [3.05, 3.63) is 69.3 Å². The summed E-state index contributed by atoms with van der Waals surface area (Å²) >= 11 is 7.07. The summed E-state index contributed by atoms with van der Waals surface area (Å²) in [4.78, 5) is 17.4. The van der Waals surface area contributed by atoms with E-state index < -0.39 is 5.97 Å². The number of esters is 1. The Kier molecular flexibility index (Phi) is 7.07. The van der Waals surface area contributed by atoms with Gasteiger partial charge in [-0.2, -0.15) is 0 Å². The predicted octanol–water partition coefficient (Wildman–Crippen LogP) is 5.64. The van der Waals surface area contributed by atoms with Gasteiger partial charge >= 0.3 is 5.97 Å². The molecule has 156 valence electrons. The minimum Gasteiger partial charge on any atom is -0.506 e. The van der Waals surface area contributed by atoms with Crippen LogP contribution in [0.1, 0.15) is 19.4 Å². The molecule has 0 bridgehead atoms. The lowest BCUT2D eigenvalue weighted by Gasteiger charge is -2.07. The van der Waals surface area contributed by atoms with E-state index >= 15 is 0 Å². The van der Waals surface area contributed by atoms with Crippen LogP contribution in [-0.2, 0) is 9.53 Å². The maximum atomic E-state index is 12.5. The highest BCUT2D eigenvalue weighted by molar-refractivity contribution is 8.18. The molecule has 2 N–H and O–H groups in total. The van der Waals surface area contributed by atoms with E-state index in [1.807, 2.05) is 6.92 Å². The molecule has 1 heterocycles. The van der Waals surface area contributed by atoms with Crippen LogP contribution in [0.15, 0.2) is 63.7 Å². The standard InChI is InChI=1S/C22H20ClNO5S/c1-3-28-17-11-13(5-10-16(17)25)12-18-20(26)19(22(27)29-4-2)21(30-18)24-15-8-6-14(23)7-9-15/h5-12,25-26H,3-4H2,1-2H3. The highest BCUT2D eigenvalue weighted by Gasteiger charge is 2.33. The van der Waals surface area contributed by atoms with Gasteiger partial charge in [-0.25, -0.2) is 9.79 Å². The van der Waals surface area contributed by atoms with Crippen molar-refractivity contribution in [1.29, 1.82) is 0 Å². The Morgan fingerprint density at radius 3 is 2.53 bits per heavy atom. The summed E-state index contributed by atoms with van der Waals surface area (Å²) in [5.74, 6) is -0.509. The van der Waals surface area contributed by atoms with E-state index in [0.29, 0.717) is 38.6 Å². The topological polar surface area (TPSA) is 88.4 Å². The third kappa shape index (κ3) is 4.98. The zero-order chi connectivity index (χ0) is 21.7. The fourth-order valence-electron chi connectivity index (χ4n) is 2.67. The number of carbonyl (C=O) groups excluding carboxylic acids is 1. The number of benzene rings is 2. The second kappa shape index (κ2) is 9.73. The molecule has 3 rings (SSSR count). The molecular formula is C22H20ClNO5S. The molecule has 2 aromatic rings. The summed E-state index contributed by atoms with van der Waals surface area (Å²) in [6.45, 7) is 4.08. The average Bonchev–Trinajstić information content (AvgIpc) is 3.01. The van der Waals surface area contributed by atoms with Gasteiger partial charge in [0.15, 0.2) is 11.5 Å². The number of ether oxygens (including phenoxy) is 2. The third-order valence-electron chi connectivity index (χ3n) is 4.01. The lowest BCUT2D eigenvalue weighted by atomic mass is 10.1. The Morgan fingerprint density at radius 1 is 1.13 bits per heavy atom. The number of halogens is 1. The first kappa shape index (κ1) is 21.8. The van der Waals surface area contributed by atoms with E-state index in [0.717, 1.165) is 11.8 Å². The summed E-state index contributed by atoms with van der Waals surface area (Å²) in [7, 11) is 0. The first-order chi connectivity index (χ1) is 14.4. The molecule has 0 fully saturated rings. The number of hydrogen-bond acceptors (Lipinski definition) is 7. The molecule has 1 aliphatic rings. The largest absolute Gasteiger partial charge is 0.506 e. The van der Waals surface area contributed by atoms with Crippen LogP contribution in [0.2, 0.25) is 5.02 Å². The van der Waals surface area contributed by atoms with Gasteiger partial charge in [0, 0.05) is 5.02 Å². The number of aliphatic hydroxyl groups excluding tert-OH is 1. The number of phenolic OH excluding ortho intramolecular Hbond substituents is 1. The highest BCUT2D eigenvalue weighted by atomic mass is 35.5. The third-order valence-corrected chi connectivity index (χ3v) is 5.28. The number of aromatic hydroxyl groups is 1. The van der Waals surface area contributed by atoms with Crippen molar-refractivity contribution >= 4 is 46.1 Å². The molecule has 30 heavy (non-hydrogen) atoms. The van der Waals surface area contributed by atoms with Gasteiger partial charge in [0.05, 0.1) is 23.8 Å². The minimum absolute atomic E-state index is 0.00635. The molecule has 0 saturated carbocycles. The quantitative estimate of drug-likeness (QED) is 0.559. The number of phenols is 1. The van der Waals surface area contributed by atoms with Gasteiger partial charge in [-0.3, -0.25) is 0 Å². The normalized spacial score (nSPS) is 16.4. The van der Waals surface area contributed by atoms with Crippen LogP contribution in [0.4, 0.5) is 5.69 Å². The van der Waals surface area contributed by atoms with E-state index in [1.54, 1.807) is 49.4 Å². The van der Waals surface area contributed by atoms with Crippen LogP contribution in [0.25, 0.3) is 6.08 Å². The Bertz CT molecular complexity index is 1040. The van der Waals surface area contributed by atoms with Gasteiger partial charge < -0.3 is 19.7 Å². The van der Waals surface area contributed by atoms with Gasteiger partial charge in [-0.15, -0.1) is 0 Å². The molecule has 0 aromatic heterocycles. The average molecular weight is 446 g/mol. The number of aliphatic hydroxyl groups is 1. The fraction of sp³-hybridized carbons (Fsp3) is 0.182. The molecule has 0 radical (unpaired) electrons. The van der Waals surface area contributed by atoms with Gasteiger partial charge in [0.2, 0.25) is 0 Å². The zero-order valence-electron chi connectivity index (χ0n) is 16.4. The van der Waals surface area contributed by atoms with Crippen molar-refractivity contribution in [2.24, 2.45) is 4.99 Å². The van der Waals surface area contributed by atoms with Crippen LogP contribution < -0.4 is 4.74 Å².